The van der Waals surface area contributed by atoms with Gasteiger partial charge in [0.05, 0.1) is 38.5 Å². The number of nitrogens with zero attached hydrogens (tertiary/aromatic N) is 2. The minimum absolute atomic E-state index is 0.00000480. The van der Waals surface area contributed by atoms with Crippen LogP contribution in [0.25, 0.3) is 0 Å². The summed E-state index contributed by atoms with van der Waals surface area (Å²) in [5, 5.41) is -1.97. The van der Waals surface area contributed by atoms with E-state index in [1.165, 1.54) is 25.7 Å². The normalized spacial score (nSPS) is 29.7. The summed E-state index contributed by atoms with van der Waals surface area (Å²) in [6.45, 7) is 8.31. The highest BCUT2D eigenvalue weighted by Gasteiger charge is 2.75. The third-order valence-electron chi connectivity index (χ3n) is 6.11. The van der Waals surface area contributed by atoms with E-state index in [1.54, 1.807) is 13.8 Å². The van der Waals surface area contributed by atoms with Crippen molar-refractivity contribution < 1.29 is 42.9 Å². The lowest BCUT2D eigenvalue weighted by atomic mass is 9.80. The van der Waals surface area contributed by atoms with Gasteiger partial charge in [-0.15, -0.1) is 0 Å². The molecule has 172 valence electrons. The van der Waals surface area contributed by atoms with E-state index in [9.17, 15) is 23.9 Å². The lowest BCUT2D eigenvalue weighted by Gasteiger charge is -2.54. The number of hydrogen-bond donors (Lipinski definition) is 2. The van der Waals surface area contributed by atoms with E-state index >= 15 is 0 Å². The summed E-state index contributed by atoms with van der Waals surface area (Å²) < 4.78 is 35.0. The minimum Gasteiger partial charge on any atom is -0.371 e. The van der Waals surface area contributed by atoms with Crippen LogP contribution in [0.4, 0.5) is 4.79 Å². The van der Waals surface area contributed by atoms with Crippen LogP contribution >= 0.6 is 7.60 Å². The fourth-order valence-corrected chi connectivity index (χ4v) is 4.90. The smallest absolute Gasteiger partial charge is 0.336 e. The fraction of sp³-hybridized carbons (Fsp3) is 0.889. The van der Waals surface area contributed by atoms with Gasteiger partial charge in [-0.1, -0.05) is 0 Å². The molecule has 0 aromatic carbocycles. The van der Waals surface area contributed by atoms with Gasteiger partial charge in [0.1, 0.15) is 5.16 Å². The van der Waals surface area contributed by atoms with Gasteiger partial charge in [-0.05, 0) is 34.6 Å². The Balaban J connectivity index is 2.19. The molecule has 3 fully saturated rings. The average molecular weight is 450 g/mol. The van der Waals surface area contributed by atoms with Gasteiger partial charge in [0, 0.05) is 13.2 Å². The molecule has 0 bridgehead atoms. The molecule has 3 unspecified atom stereocenters. The Bertz CT molecular complexity index is 740. The first-order valence-electron chi connectivity index (χ1n) is 10.1. The van der Waals surface area contributed by atoms with E-state index in [4.69, 9.17) is 18.9 Å². The van der Waals surface area contributed by atoms with E-state index in [0.29, 0.717) is 13.2 Å². The average Bonchev–Trinajstić information content (AvgIpc) is 3.55. The predicted octanol–water partition coefficient (Wildman–Crippen LogP) is 0.533. The lowest BCUT2D eigenvalue weighted by Crippen LogP contribution is -2.74. The van der Waals surface area contributed by atoms with Crippen LogP contribution in [-0.2, 0) is 28.3 Å². The van der Waals surface area contributed by atoms with Crippen LogP contribution in [0.2, 0.25) is 0 Å². The molecule has 30 heavy (non-hydrogen) atoms. The van der Waals surface area contributed by atoms with Crippen LogP contribution < -0.4 is 0 Å². The molecule has 2 N–H and O–H groups in total. The molecule has 3 amide bonds. The van der Waals surface area contributed by atoms with Gasteiger partial charge >= 0.3 is 13.6 Å². The van der Waals surface area contributed by atoms with Gasteiger partial charge in [-0.2, -0.15) is 0 Å². The second-order valence-electron chi connectivity index (χ2n) is 8.38. The number of urea groups is 1. The Labute approximate surface area is 175 Å². The number of ether oxygens (including phenoxy) is 4. The molecule has 11 nitrogen and oxygen atoms in total. The summed E-state index contributed by atoms with van der Waals surface area (Å²) in [5.41, 5.74) is -1.85. The van der Waals surface area contributed by atoms with Crippen LogP contribution in [0.15, 0.2) is 0 Å². The molecule has 0 spiro atoms. The summed E-state index contributed by atoms with van der Waals surface area (Å²) in [6, 6.07) is -0.584. The molecule has 12 heteroatoms. The molecular formula is C18H31N2O9P. The van der Waals surface area contributed by atoms with Gasteiger partial charge in [0.15, 0.2) is 5.54 Å². The summed E-state index contributed by atoms with van der Waals surface area (Å²) in [6.07, 6.45) is -0.514. The fourth-order valence-electron chi connectivity index (χ4n) is 4.17. The summed E-state index contributed by atoms with van der Waals surface area (Å²) >= 11 is 0. The molecule has 3 atom stereocenters. The van der Waals surface area contributed by atoms with Gasteiger partial charge in [-0.25, -0.2) is 4.79 Å². The van der Waals surface area contributed by atoms with Crippen molar-refractivity contribution in [2.24, 2.45) is 0 Å². The standard InChI is InChI=1S/C18H31N2O9P/c1-6-28-18(29-7-2,16(3,4)30(23,24)25)17(5)14(21)19(8-12-10-26-12)15(22)20(17)9-13-11-27-13/h12-13H,6-11H2,1-5H3,(H2,23,24,25). The van der Waals surface area contributed by atoms with Gasteiger partial charge < -0.3 is 33.6 Å². The third kappa shape index (κ3) is 3.50. The first-order chi connectivity index (χ1) is 13.9. The van der Waals surface area contributed by atoms with E-state index in [-0.39, 0.29) is 38.5 Å². The molecule has 0 radical (unpaired) electrons. The third-order valence-corrected chi connectivity index (χ3v) is 7.86. The van der Waals surface area contributed by atoms with Crippen molar-refractivity contribution >= 4 is 19.5 Å². The lowest BCUT2D eigenvalue weighted by molar-refractivity contribution is -0.296. The summed E-state index contributed by atoms with van der Waals surface area (Å²) in [5.74, 6) is -2.77. The van der Waals surface area contributed by atoms with E-state index in [2.05, 4.69) is 0 Å². The second-order valence-corrected chi connectivity index (χ2v) is 10.6. The van der Waals surface area contributed by atoms with Crippen molar-refractivity contribution in [2.75, 3.05) is 39.5 Å². The first kappa shape index (κ1) is 23.6. The maximum absolute atomic E-state index is 13.7. The maximum atomic E-state index is 13.7. The predicted molar refractivity (Wildman–Crippen MR) is 104 cm³/mol. The quantitative estimate of drug-likeness (QED) is 0.199. The number of hydrogen-bond acceptors (Lipinski definition) is 7. The van der Waals surface area contributed by atoms with Crippen LogP contribution in [0.3, 0.4) is 0 Å². The summed E-state index contributed by atoms with van der Waals surface area (Å²) in [7, 11) is -4.89. The number of carbonyl (C=O) groups excluding carboxylic acids is 2. The molecule has 3 heterocycles. The summed E-state index contributed by atoms with van der Waals surface area (Å²) in [4.78, 5) is 49.9. The van der Waals surface area contributed by atoms with E-state index in [0.717, 1.165) is 4.90 Å². The highest BCUT2D eigenvalue weighted by atomic mass is 31.2. The SMILES string of the molecule is CCOC(OCC)(C1(C)C(=O)N(CC2CO2)C(=O)N1CC1CO1)C(C)(C)P(=O)(O)O. The van der Waals surface area contributed by atoms with Crippen molar-refractivity contribution in [3.05, 3.63) is 0 Å². The zero-order valence-electron chi connectivity index (χ0n) is 18.0. The highest BCUT2D eigenvalue weighted by Crippen LogP contribution is 2.62. The van der Waals surface area contributed by atoms with Crippen molar-refractivity contribution in [3.8, 4) is 0 Å². The van der Waals surface area contributed by atoms with Crippen molar-refractivity contribution in [3.63, 3.8) is 0 Å². The largest absolute Gasteiger partial charge is 0.371 e. The Morgan fingerprint density at radius 3 is 1.97 bits per heavy atom. The Morgan fingerprint density at radius 1 is 1.10 bits per heavy atom. The Kier molecular flexibility index (Phi) is 6.14. The van der Waals surface area contributed by atoms with Gasteiger partial charge in [0.25, 0.3) is 5.91 Å². The molecule has 0 aromatic rings. The molecule has 0 aliphatic carbocycles. The number of carbonyl (C=O) groups is 2. The molecule has 3 aliphatic rings. The Morgan fingerprint density at radius 2 is 1.57 bits per heavy atom. The molecule has 3 saturated heterocycles. The van der Waals surface area contributed by atoms with Crippen molar-refractivity contribution in [1.29, 1.82) is 0 Å². The highest BCUT2D eigenvalue weighted by molar-refractivity contribution is 7.53. The topological polar surface area (TPSA) is 142 Å². The first-order valence-corrected chi connectivity index (χ1v) is 11.7. The van der Waals surface area contributed by atoms with Crippen LogP contribution in [0.5, 0.6) is 0 Å². The second kappa shape index (κ2) is 7.81. The monoisotopic (exact) mass is 450 g/mol. The van der Waals surface area contributed by atoms with Crippen LogP contribution in [0, 0.1) is 0 Å². The van der Waals surface area contributed by atoms with Crippen LogP contribution in [0.1, 0.15) is 34.6 Å². The number of amides is 3. The zero-order valence-corrected chi connectivity index (χ0v) is 18.9. The van der Waals surface area contributed by atoms with Crippen molar-refractivity contribution in [2.45, 2.75) is 63.3 Å². The van der Waals surface area contributed by atoms with E-state index < -0.39 is 36.0 Å². The maximum Gasteiger partial charge on any atom is 0.336 e. The van der Waals surface area contributed by atoms with E-state index in [1.807, 2.05) is 0 Å². The number of epoxide rings is 2. The molecule has 0 aromatic heterocycles. The van der Waals surface area contributed by atoms with Crippen molar-refractivity contribution in [1.82, 2.24) is 9.80 Å². The molecule has 3 rings (SSSR count). The Hall–Kier alpha value is -1.07. The van der Waals surface area contributed by atoms with Gasteiger partial charge in [0.2, 0.25) is 5.79 Å². The molecule has 3 aliphatic heterocycles. The molecule has 0 saturated carbocycles. The van der Waals surface area contributed by atoms with Crippen LogP contribution in [-0.4, -0.2) is 99.7 Å². The van der Waals surface area contributed by atoms with Gasteiger partial charge in [-0.3, -0.25) is 14.3 Å². The molecular weight excluding hydrogens is 419 g/mol. The number of rotatable bonds is 11. The minimum atomic E-state index is -4.89. The number of imide groups is 1. The zero-order chi connectivity index (χ0) is 22.5.